The predicted molar refractivity (Wildman–Crippen MR) is 98.3 cm³/mol. The number of rotatable bonds is 5. The minimum Gasteiger partial charge on any atom is -0.338 e. The first-order valence-corrected chi connectivity index (χ1v) is 10.1. The van der Waals surface area contributed by atoms with E-state index in [4.69, 9.17) is 0 Å². The lowest BCUT2D eigenvalue weighted by atomic mass is 9.94. The molecule has 0 spiro atoms. The van der Waals surface area contributed by atoms with Crippen LogP contribution in [-0.2, 0) is 0 Å². The lowest BCUT2D eigenvalue weighted by Gasteiger charge is -2.31. The van der Waals surface area contributed by atoms with E-state index in [0.29, 0.717) is 12.1 Å². The van der Waals surface area contributed by atoms with Gasteiger partial charge in [0.15, 0.2) is 0 Å². The molecule has 2 heterocycles. The van der Waals surface area contributed by atoms with Crippen LogP contribution < -0.4 is 5.32 Å². The maximum Gasteiger partial charge on any atom is 0.317 e. The zero-order valence-electron chi connectivity index (χ0n) is 15.7. The van der Waals surface area contributed by atoms with Crippen molar-refractivity contribution in [2.45, 2.75) is 75.9 Å². The van der Waals surface area contributed by atoms with Gasteiger partial charge in [0, 0.05) is 37.8 Å². The molecule has 0 aromatic rings. The van der Waals surface area contributed by atoms with Crippen LogP contribution in [0, 0.1) is 0 Å². The molecule has 138 valence electrons. The summed E-state index contributed by atoms with van der Waals surface area (Å²) in [6.07, 6.45) is 11.6. The van der Waals surface area contributed by atoms with E-state index in [2.05, 4.69) is 29.2 Å². The Morgan fingerprint density at radius 2 is 1.83 bits per heavy atom. The van der Waals surface area contributed by atoms with E-state index in [0.717, 1.165) is 45.1 Å². The van der Waals surface area contributed by atoms with Gasteiger partial charge in [0.1, 0.15) is 0 Å². The molecule has 1 aliphatic carbocycles. The predicted octanol–water partition coefficient (Wildman–Crippen LogP) is 2.52. The smallest absolute Gasteiger partial charge is 0.317 e. The lowest BCUT2D eigenvalue weighted by molar-refractivity contribution is 0.181. The maximum atomic E-state index is 12.5. The van der Waals surface area contributed by atoms with E-state index in [1.54, 1.807) is 0 Å². The topological polar surface area (TPSA) is 38.8 Å². The third-order valence-electron chi connectivity index (χ3n) is 6.60. The van der Waals surface area contributed by atoms with Crippen molar-refractivity contribution in [2.24, 2.45) is 0 Å². The van der Waals surface area contributed by atoms with Crippen molar-refractivity contribution >= 4 is 6.03 Å². The van der Waals surface area contributed by atoms with Crippen LogP contribution in [0.25, 0.3) is 0 Å². The van der Waals surface area contributed by atoms with Gasteiger partial charge in [-0.3, -0.25) is 4.90 Å². The van der Waals surface area contributed by atoms with Gasteiger partial charge in [-0.15, -0.1) is 0 Å². The van der Waals surface area contributed by atoms with Crippen molar-refractivity contribution in [1.82, 2.24) is 20.0 Å². The van der Waals surface area contributed by atoms with E-state index in [1.807, 2.05) is 4.90 Å². The average molecular weight is 337 g/mol. The largest absolute Gasteiger partial charge is 0.338 e. The summed E-state index contributed by atoms with van der Waals surface area (Å²) in [7, 11) is 4.48. The average Bonchev–Trinajstić information content (AvgIpc) is 2.84. The highest BCUT2D eigenvalue weighted by Crippen LogP contribution is 2.28. The van der Waals surface area contributed by atoms with Crippen LogP contribution in [0.4, 0.5) is 4.79 Å². The Bertz CT molecular complexity index is 410. The Labute approximate surface area is 147 Å². The minimum atomic E-state index is 0.149. The Hall–Kier alpha value is -0.810. The zero-order valence-corrected chi connectivity index (χ0v) is 15.7. The number of carbonyl (C=O) groups excluding carboxylic acids is 1. The fourth-order valence-electron chi connectivity index (χ4n) is 4.83. The molecule has 0 radical (unpaired) electrons. The Balaban J connectivity index is 1.33. The van der Waals surface area contributed by atoms with Crippen LogP contribution in [0.1, 0.15) is 57.8 Å². The van der Waals surface area contributed by atoms with E-state index in [9.17, 15) is 4.79 Å². The highest BCUT2D eigenvalue weighted by molar-refractivity contribution is 5.74. The van der Waals surface area contributed by atoms with Crippen molar-refractivity contribution in [3.8, 4) is 0 Å². The molecule has 3 aliphatic rings. The van der Waals surface area contributed by atoms with Gasteiger partial charge >= 0.3 is 6.03 Å². The molecule has 0 aromatic heterocycles. The van der Waals surface area contributed by atoms with Gasteiger partial charge in [-0.05, 0) is 59.2 Å². The number of fused-ring (bicyclic) bond motifs is 2. The van der Waals surface area contributed by atoms with Crippen molar-refractivity contribution in [1.29, 1.82) is 0 Å². The van der Waals surface area contributed by atoms with Gasteiger partial charge in [-0.2, -0.15) is 0 Å². The van der Waals surface area contributed by atoms with Crippen LogP contribution in [0.15, 0.2) is 0 Å². The molecule has 5 heteroatoms. The van der Waals surface area contributed by atoms with E-state index in [1.165, 1.54) is 44.9 Å². The first-order valence-electron chi connectivity index (χ1n) is 10.1. The van der Waals surface area contributed by atoms with Crippen molar-refractivity contribution in [3.05, 3.63) is 0 Å². The summed E-state index contributed by atoms with van der Waals surface area (Å²) in [5.74, 6) is 0. The fraction of sp³-hybridized carbons (Fsp3) is 0.947. The highest BCUT2D eigenvalue weighted by Gasteiger charge is 2.35. The summed E-state index contributed by atoms with van der Waals surface area (Å²) in [6.45, 7) is 3.72. The maximum absolute atomic E-state index is 12.5. The normalized spacial score (nSPS) is 29.0. The summed E-state index contributed by atoms with van der Waals surface area (Å²) >= 11 is 0. The third-order valence-corrected chi connectivity index (χ3v) is 6.60. The summed E-state index contributed by atoms with van der Waals surface area (Å²) in [5, 5.41) is 3.15. The van der Waals surface area contributed by atoms with E-state index < -0.39 is 0 Å². The van der Waals surface area contributed by atoms with Gasteiger partial charge in [0.2, 0.25) is 0 Å². The molecule has 3 rings (SSSR count). The van der Waals surface area contributed by atoms with E-state index >= 15 is 0 Å². The number of hydrogen-bond donors (Lipinski definition) is 1. The third kappa shape index (κ3) is 4.42. The highest BCUT2D eigenvalue weighted by atomic mass is 16.2. The monoisotopic (exact) mass is 336 g/mol. The number of hydrogen-bond acceptors (Lipinski definition) is 3. The summed E-state index contributed by atoms with van der Waals surface area (Å²) in [5.41, 5.74) is 0. The number of amides is 2. The molecule has 3 fully saturated rings. The number of likely N-dealkylation sites (tertiary alicyclic amines) is 1. The lowest BCUT2D eigenvalue weighted by Crippen LogP contribution is -2.45. The molecular formula is C19H36N4O. The number of carbonyl (C=O) groups is 1. The van der Waals surface area contributed by atoms with Crippen LogP contribution in [0.2, 0.25) is 0 Å². The summed E-state index contributed by atoms with van der Waals surface area (Å²) in [6, 6.07) is 2.18. The second kappa shape index (κ2) is 8.52. The van der Waals surface area contributed by atoms with Crippen LogP contribution >= 0.6 is 0 Å². The molecular weight excluding hydrogens is 300 g/mol. The zero-order chi connectivity index (χ0) is 16.9. The molecule has 2 bridgehead atoms. The van der Waals surface area contributed by atoms with Gasteiger partial charge < -0.3 is 15.1 Å². The quantitative estimate of drug-likeness (QED) is 0.784. The number of likely N-dealkylation sites (N-methyl/N-ethyl adjacent to an activating group) is 1. The Morgan fingerprint density at radius 3 is 2.62 bits per heavy atom. The molecule has 1 saturated carbocycles. The molecule has 24 heavy (non-hydrogen) atoms. The van der Waals surface area contributed by atoms with Gasteiger partial charge in [0.25, 0.3) is 0 Å². The molecule has 2 aliphatic heterocycles. The molecule has 2 atom stereocenters. The second-order valence-corrected chi connectivity index (χ2v) is 8.14. The molecule has 5 nitrogen and oxygen atoms in total. The molecule has 2 saturated heterocycles. The van der Waals surface area contributed by atoms with Gasteiger partial charge in [-0.1, -0.05) is 19.3 Å². The second-order valence-electron chi connectivity index (χ2n) is 8.14. The molecule has 1 N–H and O–H groups in total. The van der Waals surface area contributed by atoms with Crippen molar-refractivity contribution in [3.63, 3.8) is 0 Å². The van der Waals surface area contributed by atoms with Crippen LogP contribution in [0.5, 0.6) is 0 Å². The van der Waals surface area contributed by atoms with Gasteiger partial charge in [-0.25, -0.2) is 4.79 Å². The SMILES string of the molecule is CN(CCCNC(=O)N1CC[C@H]2CC[C@@H](C1)N2C)C1CCCCC1. The molecule has 0 unspecified atom stereocenters. The summed E-state index contributed by atoms with van der Waals surface area (Å²) < 4.78 is 0. The first kappa shape index (κ1) is 18.0. The Morgan fingerprint density at radius 1 is 1.08 bits per heavy atom. The minimum absolute atomic E-state index is 0.149. The standard InChI is InChI=1S/C19H36N4O/c1-21(16-7-4-3-5-8-16)13-6-12-20-19(24)23-14-11-17-9-10-18(15-23)22(17)2/h16-18H,3-15H2,1-2H3,(H,20,24)/t17-,18+/m1/s1. The van der Waals surface area contributed by atoms with Crippen LogP contribution in [-0.4, -0.2) is 79.1 Å². The van der Waals surface area contributed by atoms with Crippen molar-refractivity contribution < 1.29 is 4.79 Å². The first-order chi connectivity index (χ1) is 11.6. The Kier molecular flexibility index (Phi) is 6.39. The van der Waals surface area contributed by atoms with Crippen molar-refractivity contribution in [2.75, 3.05) is 40.3 Å². The number of nitrogens with zero attached hydrogens (tertiary/aromatic N) is 3. The number of nitrogens with one attached hydrogen (secondary N) is 1. The van der Waals surface area contributed by atoms with Gasteiger partial charge in [0.05, 0.1) is 0 Å². The van der Waals surface area contributed by atoms with Crippen LogP contribution in [0.3, 0.4) is 0 Å². The van der Waals surface area contributed by atoms with E-state index in [-0.39, 0.29) is 6.03 Å². The summed E-state index contributed by atoms with van der Waals surface area (Å²) in [4.78, 5) is 19.5. The fourth-order valence-corrected chi connectivity index (χ4v) is 4.83. The number of urea groups is 1. The molecule has 2 amide bonds. The molecule has 0 aromatic carbocycles.